The van der Waals surface area contributed by atoms with Crippen LogP contribution in [0.2, 0.25) is 0 Å². The molecule has 0 saturated carbocycles. The van der Waals surface area contributed by atoms with Gasteiger partial charge in [0.25, 0.3) is 15.7 Å². The van der Waals surface area contributed by atoms with Gasteiger partial charge in [0.15, 0.2) is 0 Å². The third-order valence-electron chi connectivity index (χ3n) is 2.37. The maximum absolute atomic E-state index is 11.8. The molecular formula is C12H9N3O4S. The van der Waals surface area contributed by atoms with E-state index < -0.39 is 14.9 Å². The number of sulfonamides is 1. The van der Waals surface area contributed by atoms with Gasteiger partial charge in [-0.25, -0.2) is 0 Å². The molecule has 2 aromatic carbocycles. The van der Waals surface area contributed by atoms with Crippen LogP contribution in [0.1, 0.15) is 0 Å². The summed E-state index contributed by atoms with van der Waals surface area (Å²) >= 11 is 0. The minimum Gasteiger partial charge on any atom is -0.258 e. The van der Waals surface area contributed by atoms with Gasteiger partial charge in [-0.1, -0.05) is 22.7 Å². The zero-order chi connectivity index (χ0) is 14.6. The van der Waals surface area contributed by atoms with Crippen LogP contribution < -0.4 is 0 Å². The van der Waals surface area contributed by atoms with Crippen molar-refractivity contribution in [2.75, 3.05) is 0 Å². The number of nitro benzene ring substituents is 1. The molecule has 0 heterocycles. The summed E-state index contributed by atoms with van der Waals surface area (Å²) in [6.45, 7) is 0. The highest BCUT2D eigenvalue weighted by molar-refractivity contribution is 7.90. The van der Waals surface area contributed by atoms with Crippen LogP contribution in [0.15, 0.2) is 69.1 Å². The van der Waals surface area contributed by atoms with Crippen LogP contribution in [0.5, 0.6) is 0 Å². The van der Waals surface area contributed by atoms with E-state index in [4.69, 9.17) is 0 Å². The molecule has 0 aromatic heterocycles. The molecule has 7 nitrogen and oxygen atoms in total. The second-order valence-electron chi connectivity index (χ2n) is 3.74. The van der Waals surface area contributed by atoms with Crippen LogP contribution in [0.4, 0.5) is 11.4 Å². The minimum atomic E-state index is -3.86. The Morgan fingerprint density at radius 2 is 1.55 bits per heavy atom. The maximum atomic E-state index is 11.8. The van der Waals surface area contributed by atoms with Crippen LogP contribution in [-0.2, 0) is 10.0 Å². The highest BCUT2D eigenvalue weighted by Crippen LogP contribution is 2.20. The lowest BCUT2D eigenvalue weighted by Gasteiger charge is -1.96. The summed E-state index contributed by atoms with van der Waals surface area (Å²) in [7, 11) is -3.86. The van der Waals surface area contributed by atoms with Gasteiger partial charge in [0, 0.05) is 12.1 Å². The second-order valence-corrected chi connectivity index (χ2v) is 5.33. The summed E-state index contributed by atoms with van der Waals surface area (Å²) in [5.41, 5.74) is 0.116. The molecule has 8 heteroatoms. The lowest BCUT2D eigenvalue weighted by atomic mass is 10.3. The molecular weight excluding hydrogens is 282 g/mol. The molecule has 0 aliphatic heterocycles. The molecule has 0 aliphatic carbocycles. The Morgan fingerprint density at radius 3 is 2.10 bits per heavy atom. The number of hydrogen-bond donors (Lipinski definition) is 0. The van der Waals surface area contributed by atoms with Gasteiger partial charge in [0.1, 0.15) is 0 Å². The van der Waals surface area contributed by atoms with Crippen LogP contribution in [0.3, 0.4) is 0 Å². The zero-order valence-electron chi connectivity index (χ0n) is 10.1. The predicted octanol–water partition coefficient (Wildman–Crippen LogP) is 3.07. The Bertz CT molecular complexity index is 740. The summed E-state index contributed by atoms with van der Waals surface area (Å²) in [4.78, 5) is 9.95. The first-order valence-corrected chi connectivity index (χ1v) is 6.90. The highest BCUT2D eigenvalue weighted by Gasteiger charge is 2.11. The third kappa shape index (κ3) is 3.23. The third-order valence-corrected chi connectivity index (χ3v) is 3.53. The predicted molar refractivity (Wildman–Crippen MR) is 71.2 cm³/mol. The van der Waals surface area contributed by atoms with Gasteiger partial charge in [-0.05, 0) is 24.3 Å². The standard InChI is InChI=1S/C12H9N3O4S/c16-15(17)11-8-6-10(7-9-11)13-14-20(18,19)12-4-2-1-3-5-12/h1-9H. The van der Waals surface area contributed by atoms with Crippen molar-refractivity contribution in [3.8, 4) is 0 Å². The fourth-order valence-electron chi connectivity index (χ4n) is 1.38. The summed E-state index contributed by atoms with van der Waals surface area (Å²) < 4.78 is 26.9. The van der Waals surface area contributed by atoms with E-state index >= 15 is 0 Å². The molecule has 0 aliphatic rings. The summed E-state index contributed by atoms with van der Waals surface area (Å²) in [5.74, 6) is 0. The number of non-ortho nitro benzene ring substituents is 1. The molecule has 0 atom stereocenters. The quantitative estimate of drug-likeness (QED) is 0.490. The van der Waals surface area contributed by atoms with Gasteiger partial charge in [-0.3, -0.25) is 10.1 Å². The number of hydrogen-bond acceptors (Lipinski definition) is 5. The van der Waals surface area contributed by atoms with E-state index in [1.807, 2.05) is 0 Å². The van der Waals surface area contributed by atoms with Crippen LogP contribution >= 0.6 is 0 Å². The fraction of sp³-hybridized carbons (Fsp3) is 0. The van der Waals surface area contributed by atoms with Crippen molar-refractivity contribution in [3.05, 3.63) is 64.7 Å². The van der Waals surface area contributed by atoms with Crippen molar-refractivity contribution in [3.63, 3.8) is 0 Å². The first-order chi connectivity index (χ1) is 9.49. The molecule has 0 unspecified atom stereocenters. The molecule has 102 valence electrons. The van der Waals surface area contributed by atoms with Gasteiger partial charge in [-0.15, -0.1) is 5.11 Å². The normalized spacial score (nSPS) is 11.6. The molecule has 0 spiro atoms. The maximum Gasteiger partial charge on any atom is 0.299 e. The fourth-order valence-corrected chi connectivity index (χ4v) is 2.18. The van der Waals surface area contributed by atoms with Crippen molar-refractivity contribution in [1.29, 1.82) is 0 Å². The molecule has 0 radical (unpaired) electrons. The van der Waals surface area contributed by atoms with Crippen LogP contribution in [-0.4, -0.2) is 13.3 Å². The molecule has 0 saturated heterocycles. The Labute approximate surface area is 114 Å². The molecule has 0 bridgehead atoms. The topological polar surface area (TPSA) is 102 Å². The lowest BCUT2D eigenvalue weighted by Crippen LogP contribution is -1.94. The largest absolute Gasteiger partial charge is 0.299 e. The Balaban J connectivity index is 2.23. The van der Waals surface area contributed by atoms with E-state index in [0.717, 1.165) is 0 Å². The van der Waals surface area contributed by atoms with E-state index in [1.54, 1.807) is 18.2 Å². The average molecular weight is 291 g/mol. The number of benzene rings is 2. The Kier molecular flexibility index (Phi) is 3.85. The van der Waals surface area contributed by atoms with Crippen LogP contribution in [0.25, 0.3) is 0 Å². The number of nitro groups is 1. The van der Waals surface area contributed by atoms with E-state index in [0.29, 0.717) is 0 Å². The van der Waals surface area contributed by atoms with Crippen LogP contribution in [0, 0.1) is 10.1 Å². The van der Waals surface area contributed by atoms with Crippen molar-refractivity contribution >= 4 is 21.4 Å². The summed E-state index contributed by atoms with van der Waals surface area (Å²) in [6, 6.07) is 12.8. The summed E-state index contributed by atoms with van der Waals surface area (Å²) in [6.07, 6.45) is 0. The first-order valence-electron chi connectivity index (χ1n) is 5.46. The molecule has 20 heavy (non-hydrogen) atoms. The molecule has 0 amide bonds. The summed E-state index contributed by atoms with van der Waals surface area (Å²) in [5, 5.41) is 14.0. The van der Waals surface area contributed by atoms with Crippen molar-refractivity contribution in [2.24, 2.45) is 9.63 Å². The zero-order valence-corrected chi connectivity index (χ0v) is 10.9. The van der Waals surface area contributed by atoms with Gasteiger partial charge in [0.05, 0.1) is 15.5 Å². The second kappa shape index (κ2) is 5.57. The van der Waals surface area contributed by atoms with E-state index in [1.165, 1.54) is 36.4 Å². The molecule has 2 aromatic rings. The minimum absolute atomic E-state index is 0.0330. The Hall–Kier alpha value is -2.61. The molecule has 0 N–H and O–H groups in total. The van der Waals surface area contributed by atoms with Gasteiger partial charge in [0.2, 0.25) is 0 Å². The monoisotopic (exact) mass is 291 g/mol. The van der Waals surface area contributed by atoms with Gasteiger partial charge < -0.3 is 0 Å². The SMILES string of the molecule is O=[N+]([O-])c1ccc(N=NS(=O)(=O)c2ccccc2)cc1. The number of nitrogens with zero attached hydrogens (tertiary/aromatic N) is 3. The van der Waals surface area contributed by atoms with E-state index in [-0.39, 0.29) is 16.3 Å². The smallest absolute Gasteiger partial charge is 0.258 e. The van der Waals surface area contributed by atoms with Gasteiger partial charge in [-0.2, -0.15) is 8.42 Å². The van der Waals surface area contributed by atoms with Crippen molar-refractivity contribution in [1.82, 2.24) is 0 Å². The lowest BCUT2D eigenvalue weighted by molar-refractivity contribution is -0.384. The van der Waals surface area contributed by atoms with Crippen molar-refractivity contribution in [2.45, 2.75) is 4.90 Å². The van der Waals surface area contributed by atoms with E-state index in [9.17, 15) is 18.5 Å². The number of rotatable bonds is 4. The molecule has 0 fully saturated rings. The average Bonchev–Trinajstić information content (AvgIpc) is 2.46. The highest BCUT2D eigenvalue weighted by atomic mass is 32.2. The Morgan fingerprint density at radius 1 is 0.950 bits per heavy atom. The van der Waals surface area contributed by atoms with Crippen molar-refractivity contribution < 1.29 is 13.3 Å². The first kappa shape index (κ1) is 13.8. The molecule has 2 rings (SSSR count). The van der Waals surface area contributed by atoms with Gasteiger partial charge >= 0.3 is 0 Å². The van der Waals surface area contributed by atoms with E-state index in [2.05, 4.69) is 9.63 Å².